The van der Waals surface area contributed by atoms with Crippen molar-refractivity contribution in [2.24, 2.45) is 7.05 Å². The molecule has 11 nitrogen and oxygen atoms in total. The van der Waals surface area contributed by atoms with Crippen LogP contribution in [-0.2, 0) is 11.8 Å². The average molecular weight is 516 g/mol. The van der Waals surface area contributed by atoms with Crippen LogP contribution in [0.4, 0.5) is 33.5 Å². The summed E-state index contributed by atoms with van der Waals surface area (Å²) in [6.45, 7) is 1.82. The predicted molar refractivity (Wildman–Crippen MR) is 115 cm³/mol. The minimum absolute atomic E-state index is 0.0249. The van der Waals surface area contributed by atoms with E-state index in [1.165, 1.54) is 28.6 Å². The lowest BCUT2D eigenvalue weighted by atomic mass is 10.2. The van der Waals surface area contributed by atoms with Crippen molar-refractivity contribution >= 4 is 29.0 Å². The molecule has 1 amide bonds. The van der Waals surface area contributed by atoms with Gasteiger partial charge in [0.05, 0.1) is 11.9 Å². The van der Waals surface area contributed by atoms with E-state index in [1.807, 2.05) is 6.07 Å². The molecule has 0 aliphatic carbocycles. The van der Waals surface area contributed by atoms with E-state index in [4.69, 9.17) is 14.9 Å². The van der Waals surface area contributed by atoms with Crippen LogP contribution in [-0.4, -0.2) is 72.7 Å². The molecule has 2 fully saturated rings. The lowest BCUT2D eigenvalue weighted by Crippen LogP contribution is -2.52. The molecule has 0 aromatic carbocycles. The maximum Gasteiger partial charge on any atom is 0.490 e. The molecule has 36 heavy (non-hydrogen) atoms. The van der Waals surface area contributed by atoms with E-state index in [0.29, 0.717) is 17.7 Å². The van der Waals surface area contributed by atoms with Crippen LogP contribution in [0.1, 0.15) is 35.3 Å². The van der Waals surface area contributed by atoms with Crippen LogP contribution >= 0.6 is 0 Å². The maximum atomic E-state index is 13.2. The molecule has 0 spiro atoms. The van der Waals surface area contributed by atoms with Gasteiger partial charge in [-0.25, -0.2) is 23.1 Å². The molecule has 3 aromatic rings. The number of fused-ring (bicyclic) bond motifs is 3. The fourth-order valence-corrected chi connectivity index (χ4v) is 4.27. The van der Waals surface area contributed by atoms with Gasteiger partial charge in [-0.15, -0.1) is 0 Å². The molecule has 2 aliphatic heterocycles. The van der Waals surface area contributed by atoms with Crippen LogP contribution in [0, 0.1) is 0 Å². The minimum Gasteiger partial charge on any atom is -0.475 e. The van der Waals surface area contributed by atoms with Gasteiger partial charge in [-0.1, -0.05) is 0 Å². The Kier molecular flexibility index (Phi) is 6.79. The van der Waals surface area contributed by atoms with Gasteiger partial charge >= 0.3 is 12.1 Å². The molecule has 5 heterocycles. The SMILES string of the molecule is Cn1cc(NC(=O)c2cnn3ccc(N4C5CCC4CNC5)nc23)c(C(F)F)n1.O=C(O)C(F)(F)F. The number of carbonyl (C=O) groups excluding carboxylic acids is 1. The molecule has 2 bridgehead atoms. The first-order valence-corrected chi connectivity index (χ1v) is 10.7. The number of halogens is 5. The van der Waals surface area contributed by atoms with Gasteiger partial charge in [0.2, 0.25) is 0 Å². The first-order chi connectivity index (χ1) is 17.0. The highest BCUT2D eigenvalue weighted by atomic mass is 19.4. The molecule has 194 valence electrons. The fourth-order valence-electron chi connectivity index (χ4n) is 4.27. The number of anilines is 2. The highest BCUT2D eigenvalue weighted by Crippen LogP contribution is 2.32. The number of rotatable bonds is 4. The third-order valence-electron chi connectivity index (χ3n) is 5.80. The number of aryl methyl sites for hydroxylation is 1. The first kappa shape index (κ1) is 25.3. The number of piperazine rings is 1. The fraction of sp³-hybridized carbons (Fsp3) is 0.450. The Morgan fingerprint density at radius 2 is 1.86 bits per heavy atom. The zero-order valence-corrected chi connectivity index (χ0v) is 18.7. The number of hydrogen-bond donors (Lipinski definition) is 3. The van der Waals surface area contributed by atoms with E-state index < -0.39 is 30.2 Å². The average Bonchev–Trinajstić information content (AvgIpc) is 3.46. The summed E-state index contributed by atoms with van der Waals surface area (Å²) in [5.74, 6) is -2.51. The third-order valence-corrected chi connectivity index (χ3v) is 5.80. The van der Waals surface area contributed by atoms with Gasteiger partial charge in [0.1, 0.15) is 11.4 Å². The largest absolute Gasteiger partial charge is 0.490 e. The standard InChI is InChI=1S/C18H20F2N8O.C2HF3O2/c1-26-9-13(15(25-26)16(19)20)23-18(29)12-8-22-27-5-4-14(24-17(12)27)28-10-2-3-11(28)7-21-6-10;3-2(4,5)1(6)7/h4-5,8-11,16,21H,2-3,6-7H2,1H3,(H,23,29);(H,6,7). The molecular weight excluding hydrogens is 495 g/mol. The second-order valence-electron chi connectivity index (χ2n) is 8.22. The summed E-state index contributed by atoms with van der Waals surface area (Å²) in [5, 5.41) is 21.0. The molecule has 3 aromatic heterocycles. The molecule has 2 saturated heterocycles. The van der Waals surface area contributed by atoms with Crippen LogP contribution in [0.15, 0.2) is 24.7 Å². The smallest absolute Gasteiger partial charge is 0.475 e. The van der Waals surface area contributed by atoms with Crippen molar-refractivity contribution in [1.82, 2.24) is 29.7 Å². The van der Waals surface area contributed by atoms with E-state index in [9.17, 15) is 26.7 Å². The number of aliphatic carboxylic acids is 1. The normalized spacial score (nSPS) is 19.4. The number of nitrogens with zero attached hydrogens (tertiary/aromatic N) is 6. The summed E-state index contributed by atoms with van der Waals surface area (Å²) < 4.78 is 60.8. The van der Waals surface area contributed by atoms with Crippen molar-refractivity contribution in [2.45, 2.75) is 37.5 Å². The first-order valence-electron chi connectivity index (χ1n) is 10.7. The van der Waals surface area contributed by atoms with Crippen molar-refractivity contribution in [3.05, 3.63) is 35.9 Å². The van der Waals surface area contributed by atoms with Gasteiger partial charge < -0.3 is 20.6 Å². The van der Waals surface area contributed by atoms with Crippen LogP contribution in [0.25, 0.3) is 5.65 Å². The highest BCUT2D eigenvalue weighted by molar-refractivity contribution is 6.08. The number of carboxylic acids is 1. The van der Waals surface area contributed by atoms with Crippen molar-refractivity contribution in [1.29, 1.82) is 0 Å². The van der Waals surface area contributed by atoms with Gasteiger partial charge in [0.15, 0.2) is 11.3 Å². The predicted octanol–water partition coefficient (Wildman–Crippen LogP) is 2.23. The van der Waals surface area contributed by atoms with Crippen LogP contribution in [0.5, 0.6) is 0 Å². The van der Waals surface area contributed by atoms with Gasteiger partial charge in [-0.05, 0) is 18.9 Å². The summed E-state index contributed by atoms with van der Waals surface area (Å²) in [7, 11) is 1.52. The molecule has 2 aliphatic rings. The third kappa shape index (κ3) is 5.07. The van der Waals surface area contributed by atoms with Crippen molar-refractivity contribution in [2.75, 3.05) is 23.3 Å². The Hall–Kier alpha value is -3.82. The van der Waals surface area contributed by atoms with Crippen LogP contribution in [0.2, 0.25) is 0 Å². The summed E-state index contributed by atoms with van der Waals surface area (Å²) in [5.41, 5.74) is 0.116. The molecule has 16 heteroatoms. The van der Waals surface area contributed by atoms with E-state index in [0.717, 1.165) is 31.7 Å². The number of alkyl halides is 5. The molecule has 0 saturated carbocycles. The van der Waals surface area contributed by atoms with Gasteiger partial charge in [0.25, 0.3) is 12.3 Å². The minimum atomic E-state index is -5.08. The summed E-state index contributed by atoms with van der Waals surface area (Å²) in [6.07, 6.45) is -1.15. The van der Waals surface area contributed by atoms with Crippen LogP contribution in [0.3, 0.4) is 0 Å². The Balaban J connectivity index is 0.000000384. The number of aromatic nitrogens is 5. The summed E-state index contributed by atoms with van der Waals surface area (Å²) in [4.78, 5) is 28.7. The number of amides is 1. The summed E-state index contributed by atoms with van der Waals surface area (Å²) in [6, 6.07) is 2.66. The quantitative estimate of drug-likeness (QED) is 0.451. The van der Waals surface area contributed by atoms with E-state index in [1.54, 1.807) is 6.20 Å². The van der Waals surface area contributed by atoms with Gasteiger partial charge in [0, 0.05) is 44.6 Å². The van der Waals surface area contributed by atoms with Crippen molar-refractivity contribution < 1.29 is 36.6 Å². The second-order valence-corrected chi connectivity index (χ2v) is 8.22. The Morgan fingerprint density at radius 3 is 2.44 bits per heavy atom. The van der Waals surface area contributed by atoms with Gasteiger partial charge in [-0.3, -0.25) is 9.48 Å². The topological polar surface area (TPSA) is 130 Å². The lowest BCUT2D eigenvalue weighted by Gasteiger charge is -2.36. The highest BCUT2D eigenvalue weighted by Gasteiger charge is 2.38. The van der Waals surface area contributed by atoms with Gasteiger partial charge in [-0.2, -0.15) is 23.4 Å². The number of carbonyl (C=O) groups is 2. The lowest BCUT2D eigenvalue weighted by molar-refractivity contribution is -0.192. The van der Waals surface area contributed by atoms with E-state index in [2.05, 4.69) is 25.7 Å². The molecule has 3 N–H and O–H groups in total. The van der Waals surface area contributed by atoms with E-state index >= 15 is 0 Å². The monoisotopic (exact) mass is 516 g/mol. The Bertz CT molecular complexity index is 1260. The number of carboxylic acid groups (broad SMARTS) is 1. The number of hydrogen-bond acceptors (Lipinski definition) is 7. The maximum absolute atomic E-state index is 13.2. The summed E-state index contributed by atoms with van der Waals surface area (Å²) >= 11 is 0. The number of nitrogens with one attached hydrogen (secondary N) is 2. The molecule has 0 radical (unpaired) electrons. The molecular formula is C20H21F5N8O3. The Labute approximate surface area is 199 Å². The molecule has 2 unspecified atom stereocenters. The zero-order chi connectivity index (χ0) is 26.2. The van der Waals surface area contributed by atoms with Crippen molar-refractivity contribution in [3.8, 4) is 0 Å². The van der Waals surface area contributed by atoms with Crippen molar-refractivity contribution in [3.63, 3.8) is 0 Å². The second kappa shape index (κ2) is 9.67. The zero-order valence-electron chi connectivity index (χ0n) is 18.7. The molecule has 5 rings (SSSR count). The van der Waals surface area contributed by atoms with E-state index in [-0.39, 0.29) is 11.3 Å². The Morgan fingerprint density at radius 1 is 1.22 bits per heavy atom. The van der Waals surface area contributed by atoms with Crippen LogP contribution < -0.4 is 15.5 Å². The molecule has 2 atom stereocenters.